The average molecular weight is 290 g/mol. The Labute approximate surface area is 129 Å². The largest absolute Gasteiger partial charge is 0.494 e. The summed E-state index contributed by atoms with van der Waals surface area (Å²) in [5.74, 6) is 2.11. The van der Waals surface area contributed by atoms with E-state index in [1.54, 1.807) is 0 Å². The van der Waals surface area contributed by atoms with Crippen LogP contribution in [0.4, 0.5) is 0 Å². The second-order valence-electron chi connectivity index (χ2n) is 6.28. The van der Waals surface area contributed by atoms with Crippen LogP contribution in [0.5, 0.6) is 5.75 Å². The predicted octanol–water partition coefficient (Wildman–Crippen LogP) is 3.25. The first kappa shape index (κ1) is 16.3. The molecule has 1 aliphatic rings. The van der Waals surface area contributed by atoms with Crippen molar-refractivity contribution in [3.63, 3.8) is 0 Å². The maximum absolute atomic E-state index is 6.13. The number of likely N-dealkylation sites (tertiary alicyclic amines) is 1. The zero-order valence-corrected chi connectivity index (χ0v) is 13.7. The van der Waals surface area contributed by atoms with Gasteiger partial charge in [0.05, 0.1) is 6.61 Å². The first-order valence-corrected chi connectivity index (χ1v) is 8.33. The first-order valence-electron chi connectivity index (χ1n) is 8.33. The predicted molar refractivity (Wildman–Crippen MR) is 88.8 cm³/mol. The van der Waals surface area contributed by atoms with Crippen LogP contribution in [-0.2, 0) is 0 Å². The Hall–Kier alpha value is -1.06. The van der Waals surface area contributed by atoms with Gasteiger partial charge in [0.1, 0.15) is 5.75 Å². The molecule has 0 aliphatic carbocycles. The Morgan fingerprint density at radius 2 is 1.90 bits per heavy atom. The summed E-state index contributed by atoms with van der Waals surface area (Å²) in [5, 5.41) is 0. The highest BCUT2D eigenvalue weighted by Gasteiger charge is 2.29. The monoisotopic (exact) mass is 290 g/mol. The quantitative estimate of drug-likeness (QED) is 0.874. The molecule has 1 heterocycles. The lowest BCUT2D eigenvalue weighted by molar-refractivity contribution is 0.137. The molecule has 0 bridgehead atoms. The van der Waals surface area contributed by atoms with Crippen molar-refractivity contribution in [3.05, 3.63) is 29.8 Å². The molecule has 0 radical (unpaired) electrons. The van der Waals surface area contributed by atoms with Crippen molar-refractivity contribution in [2.45, 2.75) is 45.6 Å². The van der Waals surface area contributed by atoms with Gasteiger partial charge in [0.2, 0.25) is 0 Å². The third kappa shape index (κ3) is 3.98. The lowest BCUT2D eigenvalue weighted by atomic mass is 9.79. The van der Waals surface area contributed by atoms with Crippen molar-refractivity contribution in [1.82, 2.24) is 4.90 Å². The molecule has 1 saturated heterocycles. The molecule has 1 unspecified atom stereocenters. The number of para-hydroxylation sites is 1. The van der Waals surface area contributed by atoms with E-state index in [1.165, 1.54) is 31.5 Å². The van der Waals surface area contributed by atoms with Crippen molar-refractivity contribution in [2.24, 2.45) is 11.7 Å². The van der Waals surface area contributed by atoms with Crippen molar-refractivity contribution in [2.75, 3.05) is 26.2 Å². The van der Waals surface area contributed by atoms with Crippen molar-refractivity contribution >= 4 is 0 Å². The molecule has 1 aromatic carbocycles. The van der Waals surface area contributed by atoms with Gasteiger partial charge < -0.3 is 15.4 Å². The fraction of sp³-hybridized carbons (Fsp3) is 0.667. The van der Waals surface area contributed by atoms with Crippen molar-refractivity contribution in [1.29, 1.82) is 0 Å². The van der Waals surface area contributed by atoms with E-state index >= 15 is 0 Å². The standard InChI is InChI=1S/C18H30N2O/c1-4-21-18-8-6-5-7-16(18)17(13-19)15-9-11-20(12-10-15)14(2)3/h5-8,14-15,17H,4,9-13,19H2,1-3H3. The summed E-state index contributed by atoms with van der Waals surface area (Å²) >= 11 is 0. The number of hydrogen-bond donors (Lipinski definition) is 1. The fourth-order valence-corrected chi connectivity index (χ4v) is 3.49. The summed E-state index contributed by atoms with van der Waals surface area (Å²) in [7, 11) is 0. The van der Waals surface area contributed by atoms with Crippen LogP contribution < -0.4 is 10.5 Å². The zero-order valence-electron chi connectivity index (χ0n) is 13.7. The molecule has 0 spiro atoms. The summed E-state index contributed by atoms with van der Waals surface area (Å²) in [6.45, 7) is 10.4. The molecule has 3 heteroatoms. The van der Waals surface area contributed by atoms with E-state index in [9.17, 15) is 0 Å². The lowest BCUT2D eigenvalue weighted by Gasteiger charge is -2.38. The van der Waals surface area contributed by atoms with E-state index in [-0.39, 0.29) is 0 Å². The molecular formula is C18H30N2O. The highest BCUT2D eigenvalue weighted by Crippen LogP contribution is 2.36. The lowest BCUT2D eigenvalue weighted by Crippen LogP contribution is -2.40. The molecule has 1 fully saturated rings. The Morgan fingerprint density at radius 1 is 1.24 bits per heavy atom. The zero-order chi connectivity index (χ0) is 15.2. The molecule has 2 rings (SSSR count). The molecular weight excluding hydrogens is 260 g/mol. The average Bonchev–Trinajstić information content (AvgIpc) is 2.50. The van der Waals surface area contributed by atoms with E-state index in [0.29, 0.717) is 31.0 Å². The van der Waals surface area contributed by atoms with Crippen molar-refractivity contribution in [3.8, 4) is 5.75 Å². The van der Waals surface area contributed by atoms with Crippen LogP contribution in [0.1, 0.15) is 45.1 Å². The van der Waals surface area contributed by atoms with Gasteiger partial charge in [-0.3, -0.25) is 0 Å². The van der Waals surface area contributed by atoms with Crippen LogP contribution in [0, 0.1) is 5.92 Å². The van der Waals surface area contributed by atoms with E-state index < -0.39 is 0 Å². The van der Waals surface area contributed by atoms with Gasteiger partial charge in [-0.05, 0) is 70.8 Å². The van der Waals surface area contributed by atoms with Gasteiger partial charge in [0, 0.05) is 12.0 Å². The number of nitrogens with two attached hydrogens (primary N) is 1. The minimum Gasteiger partial charge on any atom is -0.494 e. The maximum atomic E-state index is 6.13. The minimum atomic E-state index is 0.419. The second kappa shape index (κ2) is 7.81. The normalized spacial score (nSPS) is 18.9. The number of piperidine rings is 1. The molecule has 1 atom stereocenters. The molecule has 1 aromatic rings. The third-order valence-corrected chi connectivity index (χ3v) is 4.75. The van der Waals surface area contributed by atoms with Gasteiger partial charge in [-0.2, -0.15) is 0 Å². The Bertz CT molecular complexity index is 425. The van der Waals surface area contributed by atoms with Crippen LogP contribution in [0.25, 0.3) is 0 Å². The number of benzene rings is 1. The van der Waals surface area contributed by atoms with Crippen LogP contribution in [0.2, 0.25) is 0 Å². The Morgan fingerprint density at radius 3 is 2.48 bits per heavy atom. The summed E-state index contributed by atoms with van der Waals surface area (Å²) < 4.78 is 5.80. The third-order valence-electron chi connectivity index (χ3n) is 4.75. The van der Waals surface area contributed by atoms with Crippen LogP contribution in [-0.4, -0.2) is 37.2 Å². The van der Waals surface area contributed by atoms with E-state index in [1.807, 2.05) is 13.0 Å². The maximum Gasteiger partial charge on any atom is 0.122 e. The number of nitrogens with zero attached hydrogens (tertiary/aromatic N) is 1. The molecule has 118 valence electrons. The van der Waals surface area contributed by atoms with Gasteiger partial charge >= 0.3 is 0 Å². The van der Waals surface area contributed by atoms with Gasteiger partial charge in [0.25, 0.3) is 0 Å². The molecule has 1 aliphatic heterocycles. The van der Waals surface area contributed by atoms with Crippen LogP contribution in [0.15, 0.2) is 24.3 Å². The molecule has 3 nitrogen and oxygen atoms in total. The smallest absolute Gasteiger partial charge is 0.122 e. The summed E-state index contributed by atoms with van der Waals surface area (Å²) in [6.07, 6.45) is 2.47. The summed E-state index contributed by atoms with van der Waals surface area (Å²) in [4.78, 5) is 2.57. The Balaban J connectivity index is 2.10. The van der Waals surface area contributed by atoms with Gasteiger partial charge in [-0.1, -0.05) is 18.2 Å². The molecule has 0 aromatic heterocycles. The minimum absolute atomic E-state index is 0.419. The second-order valence-corrected chi connectivity index (χ2v) is 6.28. The molecule has 2 N–H and O–H groups in total. The van der Waals surface area contributed by atoms with E-state index in [2.05, 4.69) is 36.9 Å². The number of ether oxygens (including phenoxy) is 1. The highest BCUT2D eigenvalue weighted by atomic mass is 16.5. The molecule has 0 amide bonds. The first-order chi connectivity index (χ1) is 10.2. The fourth-order valence-electron chi connectivity index (χ4n) is 3.49. The van der Waals surface area contributed by atoms with E-state index in [4.69, 9.17) is 10.5 Å². The molecule has 0 saturated carbocycles. The number of hydrogen-bond acceptors (Lipinski definition) is 3. The Kier molecular flexibility index (Phi) is 6.07. The molecule has 21 heavy (non-hydrogen) atoms. The summed E-state index contributed by atoms with van der Waals surface area (Å²) in [6, 6.07) is 9.06. The highest BCUT2D eigenvalue weighted by molar-refractivity contribution is 5.37. The van der Waals surface area contributed by atoms with Crippen LogP contribution >= 0.6 is 0 Å². The number of rotatable bonds is 6. The summed E-state index contributed by atoms with van der Waals surface area (Å²) in [5.41, 5.74) is 7.42. The topological polar surface area (TPSA) is 38.5 Å². The van der Waals surface area contributed by atoms with E-state index in [0.717, 1.165) is 5.75 Å². The SMILES string of the molecule is CCOc1ccccc1C(CN)C1CCN(C(C)C)CC1. The van der Waals surface area contributed by atoms with Gasteiger partial charge in [0.15, 0.2) is 0 Å². The van der Waals surface area contributed by atoms with Gasteiger partial charge in [-0.25, -0.2) is 0 Å². The van der Waals surface area contributed by atoms with Crippen molar-refractivity contribution < 1.29 is 4.74 Å². The van der Waals surface area contributed by atoms with Crippen LogP contribution in [0.3, 0.4) is 0 Å². The van der Waals surface area contributed by atoms with Gasteiger partial charge in [-0.15, -0.1) is 0 Å².